The second kappa shape index (κ2) is 8.70. The van der Waals surface area contributed by atoms with Crippen molar-refractivity contribution in [1.82, 2.24) is 4.90 Å². The first kappa shape index (κ1) is 17.5. The van der Waals surface area contributed by atoms with Gasteiger partial charge in [-0.1, -0.05) is 42.5 Å². The van der Waals surface area contributed by atoms with Gasteiger partial charge in [0.15, 0.2) is 0 Å². The van der Waals surface area contributed by atoms with Gasteiger partial charge in [-0.05, 0) is 23.3 Å². The highest BCUT2D eigenvalue weighted by Crippen LogP contribution is 2.21. The van der Waals surface area contributed by atoms with Gasteiger partial charge in [-0.2, -0.15) is 5.26 Å². The number of benzene rings is 2. The number of nitrogens with zero attached hydrogens (tertiary/aromatic N) is 2. The molecule has 0 fully saturated rings. The first-order chi connectivity index (χ1) is 11.6. The van der Waals surface area contributed by atoms with E-state index in [4.69, 9.17) is 10.00 Å². The van der Waals surface area contributed by atoms with Crippen molar-refractivity contribution in [2.45, 2.75) is 19.1 Å². The van der Waals surface area contributed by atoms with Crippen LogP contribution in [0.4, 0.5) is 0 Å². The monoisotopic (exact) mass is 324 g/mol. The van der Waals surface area contributed by atoms with E-state index in [9.17, 15) is 9.90 Å². The van der Waals surface area contributed by atoms with Gasteiger partial charge in [0, 0.05) is 7.05 Å². The third-order valence-corrected chi connectivity index (χ3v) is 3.61. The van der Waals surface area contributed by atoms with Crippen LogP contribution in [-0.2, 0) is 11.4 Å². The Morgan fingerprint density at radius 3 is 2.50 bits per heavy atom. The van der Waals surface area contributed by atoms with Crippen molar-refractivity contribution >= 4 is 5.91 Å². The molecule has 2 rings (SSSR count). The molecule has 1 N–H and O–H groups in total. The maximum atomic E-state index is 11.8. The maximum Gasteiger partial charge on any atom is 0.226 e. The maximum absolute atomic E-state index is 11.8. The second-order valence-corrected chi connectivity index (χ2v) is 5.47. The molecule has 0 aliphatic rings. The highest BCUT2D eigenvalue weighted by atomic mass is 16.5. The summed E-state index contributed by atoms with van der Waals surface area (Å²) in [5, 5.41) is 18.7. The van der Waals surface area contributed by atoms with E-state index in [0.717, 1.165) is 5.56 Å². The van der Waals surface area contributed by atoms with Crippen molar-refractivity contribution in [3.63, 3.8) is 0 Å². The minimum absolute atomic E-state index is 0.0117. The lowest BCUT2D eigenvalue weighted by Crippen LogP contribution is -2.28. The van der Waals surface area contributed by atoms with Gasteiger partial charge in [-0.3, -0.25) is 4.79 Å². The van der Waals surface area contributed by atoms with Crippen molar-refractivity contribution < 1.29 is 14.6 Å². The zero-order valence-electron chi connectivity index (χ0n) is 13.6. The Morgan fingerprint density at radius 2 is 1.88 bits per heavy atom. The first-order valence-corrected chi connectivity index (χ1v) is 7.66. The van der Waals surface area contributed by atoms with Crippen LogP contribution in [-0.4, -0.2) is 29.5 Å². The Labute approximate surface area is 141 Å². The highest BCUT2D eigenvalue weighted by Gasteiger charge is 2.16. The van der Waals surface area contributed by atoms with Gasteiger partial charge in [-0.15, -0.1) is 0 Å². The lowest BCUT2D eigenvalue weighted by Gasteiger charge is -2.16. The number of rotatable bonds is 7. The molecule has 0 saturated carbocycles. The summed E-state index contributed by atoms with van der Waals surface area (Å²) in [6, 6.07) is 18.8. The van der Waals surface area contributed by atoms with Crippen molar-refractivity contribution in [2.75, 3.05) is 13.6 Å². The van der Waals surface area contributed by atoms with Crippen LogP contribution < -0.4 is 4.74 Å². The fourth-order valence-electron chi connectivity index (χ4n) is 2.16. The van der Waals surface area contributed by atoms with E-state index >= 15 is 0 Å². The molecule has 24 heavy (non-hydrogen) atoms. The predicted octanol–water partition coefficient (Wildman–Crippen LogP) is 2.67. The van der Waals surface area contributed by atoms with Crippen molar-refractivity contribution in [3.8, 4) is 11.8 Å². The van der Waals surface area contributed by atoms with E-state index in [1.54, 1.807) is 31.3 Å². The molecule has 1 amide bonds. The van der Waals surface area contributed by atoms with E-state index in [-0.39, 0.29) is 18.9 Å². The van der Waals surface area contributed by atoms with Gasteiger partial charge < -0.3 is 14.7 Å². The summed E-state index contributed by atoms with van der Waals surface area (Å²) in [5.74, 6) is 0.427. The van der Waals surface area contributed by atoms with Crippen LogP contribution in [0, 0.1) is 11.3 Å². The molecule has 124 valence electrons. The first-order valence-electron chi connectivity index (χ1n) is 7.66. The summed E-state index contributed by atoms with van der Waals surface area (Å²) in [6.07, 6.45) is -0.954. The average molecular weight is 324 g/mol. The molecule has 0 bridgehead atoms. The number of carbonyl (C=O) groups excluding carboxylic acids is 1. The number of nitriles is 1. The van der Waals surface area contributed by atoms with Crippen LogP contribution in [0.5, 0.6) is 5.75 Å². The van der Waals surface area contributed by atoms with Gasteiger partial charge in [0.1, 0.15) is 18.9 Å². The van der Waals surface area contributed by atoms with Crippen LogP contribution in [0.15, 0.2) is 54.6 Å². The van der Waals surface area contributed by atoms with E-state index in [1.807, 2.05) is 36.4 Å². The number of aliphatic hydroxyl groups excluding tert-OH is 1. The topological polar surface area (TPSA) is 73.6 Å². The summed E-state index contributed by atoms with van der Waals surface area (Å²) >= 11 is 0. The van der Waals surface area contributed by atoms with E-state index < -0.39 is 6.10 Å². The molecule has 0 aromatic heterocycles. The summed E-state index contributed by atoms with van der Waals surface area (Å²) in [4.78, 5) is 13.1. The predicted molar refractivity (Wildman–Crippen MR) is 90.0 cm³/mol. The number of ether oxygens (including phenoxy) is 1. The van der Waals surface area contributed by atoms with Gasteiger partial charge >= 0.3 is 0 Å². The number of aliphatic hydroxyl groups is 1. The third-order valence-electron chi connectivity index (χ3n) is 3.61. The second-order valence-electron chi connectivity index (χ2n) is 5.47. The third kappa shape index (κ3) is 5.11. The average Bonchev–Trinajstić information content (AvgIpc) is 2.61. The Balaban J connectivity index is 1.89. The summed E-state index contributed by atoms with van der Waals surface area (Å²) in [6.45, 7) is 0.484. The fraction of sp³-hybridized carbons (Fsp3) is 0.263. The van der Waals surface area contributed by atoms with Gasteiger partial charge in [0.2, 0.25) is 5.91 Å². The Bertz CT molecular complexity index is 693. The van der Waals surface area contributed by atoms with Crippen molar-refractivity contribution in [2.24, 2.45) is 0 Å². The smallest absolute Gasteiger partial charge is 0.226 e. The normalized spacial score (nSPS) is 11.4. The molecule has 0 heterocycles. The minimum Gasteiger partial charge on any atom is -0.489 e. The molecule has 2 aromatic carbocycles. The zero-order valence-corrected chi connectivity index (χ0v) is 13.6. The molecule has 1 unspecified atom stereocenters. The fourth-order valence-corrected chi connectivity index (χ4v) is 2.16. The standard InChI is InChI=1S/C19H20N2O3/c1-21(12-11-20)19(23)13-18(22)16-7-9-17(10-8-16)24-14-15-5-3-2-4-6-15/h2-10,18,22H,12-14H2,1H3. The van der Waals surface area contributed by atoms with Crippen LogP contribution >= 0.6 is 0 Å². The minimum atomic E-state index is -0.901. The van der Waals surface area contributed by atoms with Crippen molar-refractivity contribution in [1.29, 1.82) is 5.26 Å². The summed E-state index contributed by atoms with van der Waals surface area (Å²) in [7, 11) is 1.54. The quantitative estimate of drug-likeness (QED) is 0.795. The highest BCUT2D eigenvalue weighted by molar-refractivity contribution is 5.76. The summed E-state index contributed by atoms with van der Waals surface area (Å²) < 4.78 is 5.69. The van der Waals surface area contributed by atoms with Crippen LogP contribution in [0.25, 0.3) is 0 Å². The van der Waals surface area contributed by atoms with E-state index in [1.165, 1.54) is 4.90 Å². The number of amides is 1. The molecule has 0 aliphatic carbocycles. The lowest BCUT2D eigenvalue weighted by atomic mass is 10.1. The molecule has 0 radical (unpaired) electrons. The molecule has 5 heteroatoms. The molecule has 0 spiro atoms. The molecular weight excluding hydrogens is 304 g/mol. The molecular formula is C19H20N2O3. The van der Waals surface area contributed by atoms with Gasteiger partial charge in [0.05, 0.1) is 18.6 Å². The molecule has 0 aliphatic heterocycles. The Morgan fingerprint density at radius 1 is 1.21 bits per heavy atom. The molecule has 5 nitrogen and oxygen atoms in total. The van der Waals surface area contributed by atoms with Gasteiger partial charge in [-0.25, -0.2) is 0 Å². The number of hydrogen-bond acceptors (Lipinski definition) is 4. The lowest BCUT2D eigenvalue weighted by molar-refractivity contribution is -0.131. The zero-order chi connectivity index (χ0) is 17.4. The Kier molecular flexibility index (Phi) is 6.35. The Hall–Kier alpha value is -2.84. The van der Waals surface area contributed by atoms with Crippen LogP contribution in [0.1, 0.15) is 23.7 Å². The largest absolute Gasteiger partial charge is 0.489 e. The van der Waals surface area contributed by atoms with E-state index in [2.05, 4.69) is 0 Å². The number of hydrogen-bond donors (Lipinski definition) is 1. The summed E-state index contributed by atoms with van der Waals surface area (Å²) in [5.41, 5.74) is 1.72. The van der Waals surface area contributed by atoms with Crippen LogP contribution in [0.2, 0.25) is 0 Å². The number of carbonyl (C=O) groups is 1. The SMILES string of the molecule is CN(CC#N)C(=O)CC(O)c1ccc(OCc2ccccc2)cc1. The molecule has 0 saturated heterocycles. The van der Waals surface area contributed by atoms with Crippen LogP contribution in [0.3, 0.4) is 0 Å². The van der Waals surface area contributed by atoms with Gasteiger partial charge in [0.25, 0.3) is 0 Å². The molecule has 2 aromatic rings. The molecule has 1 atom stereocenters. The van der Waals surface area contributed by atoms with E-state index in [0.29, 0.717) is 17.9 Å². The van der Waals surface area contributed by atoms with Crippen molar-refractivity contribution in [3.05, 3.63) is 65.7 Å².